The highest BCUT2D eigenvalue weighted by molar-refractivity contribution is 6.32. The van der Waals surface area contributed by atoms with Gasteiger partial charge in [0.2, 0.25) is 5.82 Å². The Morgan fingerprint density at radius 1 is 1.11 bits per heavy atom. The maximum absolute atomic E-state index is 13.0. The smallest absolute Gasteiger partial charge is 0.278 e. The molecule has 2 aromatic carbocycles. The molecule has 8 heteroatoms. The fourth-order valence-electron chi connectivity index (χ4n) is 2.72. The van der Waals surface area contributed by atoms with Crippen molar-refractivity contribution in [1.82, 2.24) is 19.9 Å². The summed E-state index contributed by atoms with van der Waals surface area (Å²) in [4.78, 5) is 4.31. The average Bonchev–Trinajstić information content (AvgIpc) is 3.34. The molecule has 0 aliphatic carbocycles. The van der Waals surface area contributed by atoms with Gasteiger partial charge in [0.05, 0.1) is 0 Å². The fourth-order valence-corrected chi connectivity index (χ4v) is 2.83. The van der Waals surface area contributed by atoms with Crippen LogP contribution in [-0.4, -0.2) is 19.9 Å². The van der Waals surface area contributed by atoms with Crippen molar-refractivity contribution in [3.63, 3.8) is 0 Å². The lowest BCUT2D eigenvalue weighted by molar-refractivity contribution is 0.221. The van der Waals surface area contributed by atoms with E-state index < -0.39 is 0 Å². The van der Waals surface area contributed by atoms with Crippen molar-refractivity contribution in [1.29, 1.82) is 0 Å². The molecule has 4 aromatic rings. The van der Waals surface area contributed by atoms with Crippen LogP contribution in [0.15, 0.2) is 53.2 Å². The minimum atomic E-state index is -0.322. The molecule has 0 aliphatic heterocycles. The number of ether oxygens (including phenoxy) is 1. The van der Waals surface area contributed by atoms with Crippen molar-refractivity contribution in [3.05, 3.63) is 70.6 Å². The van der Waals surface area contributed by atoms with E-state index in [1.54, 1.807) is 29.1 Å². The van der Waals surface area contributed by atoms with Crippen LogP contribution in [0, 0.1) is 19.7 Å². The lowest BCUT2D eigenvalue weighted by Gasteiger charge is -2.09. The summed E-state index contributed by atoms with van der Waals surface area (Å²) >= 11 is 6.18. The van der Waals surface area contributed by atoms with Crippen LogP contribution < -0.4 is 4.74 Å². The van der Waals surface area contributed by atoms with E-state index in [0.717, 1.165) is 16.1 Å². The van der Waals surface area contributed by atoms with Gasteiger partial charge in [-0.05, 0) is 67.4 Å². The van der Waals surface area contributed by atoms with Crippen molar-refractivity contribution in [3.8, 4) is 28.7 Å². The Morgan fingerprint density at radius 3 is 2.54 bits per heavy atom. The summed E-state index contributed by atoms with van der Waals surface area (Å²) < 4.78 is 25.7. The first-order chi connectivity index (χ1) is 13.5. The van der Waals surface area contributed by atoms with E-state index in [2.05, 4.69) is 15.2 Å². The fraction of sp³-hybridized carbons (Fsp3) is 0.150. The van der Waals surface area contributed by atoms with Crippen LogP contribution in [-0.2, 0) is 6.73 Å². The normalized spacial score (nSPS) is 11.0. The van der Waals surface area contributed by atoms with Crippen LogP contribution in [0.1, 0.15) is 11.1 Å². The minimum absolute atomic E-state index is 0.222. The number of hydrogen-bond donors (Lipinski definition) is 0. The summed E-state index contributed by atoms with van der Waals surface area (Å²) in [5.74, 6) is 1.04. The molecule has 0 bridgehead atoms. The zero-order chi connectivity index (χ0) is 19.7. The molecule has 0 unspecified atom stereocenters. The molecule has 0 atom stereocenters. The highest BCUT2D eigenvalue weighted by atomic mass is 35.5. The summed E-state index contributed by atoms with van der Waals surface area (Å²) in [5, 5.41) is 9.05. The molecule has 28 heavy (non-hydrogen) atoms. The molecule has 0 amide bonds. The molecule has 0 aliphatic rings. The molecule has 142 valence electrons. The summed E-state index contributed by atoms with van der Waals surface area (Å²) in [5.41, 5.74) is 3.09. The number of nitrogens with zero attached hydrogens (tertiary/aromatic N) is 4. The van der Waals surface area contributed by atoms with E-state index in [-0.39, 0.29) is 18.4 Å². The van der Waals surface area contributed by atoms with Crippen molar-refractivity contribution < 1.29 is 13.7 Å². The third kappa shape index (κ3) is 3.75. The van der Waals surface area contributed by atoms with E-state index >= 15 is 0 Å². The summed E-state index contributed by atoms with van der Waals surface area (Å²) in [6.07, 6.45) is 1.76. The topological polar surface area (TPSA) is 66.0 Å². The lowest BCUT2D eigenvalue weighted by atomic mass is 10.1. The minimum Gasteiger partial charge on any atom is -0.471 e. The van der Waals surface area contributed by atoms with E-state index in [1.807, 2.05) is 26.0 Å². The quantitative estimate of drug-likeness (QED) is 0.471. The van der Waals surface area contributed by atoms with E-state index in [4.69, 9.17) is 20.9 Å². The van der Waals surface area contributed by atoms with Crippen molar-refractivity contribution >= 4 is 11.6 Å². The van der Waals surface area contributed by atoms with Gasteiger partial charge in [-0.15, -0.1) is 0 Å². The second-order valence-electron chi connectivity index (χ2n) is 6.31. The van der Waals surface area contributed by atoms with Crippen LogP contribution >= 0.6 is 11.6 Å². The predicted molar refractivity (Wildman–Crippen MR) is 102 cm³/mol. The maximum Gasteiger partial charge on any atom is 0.278 e. The number of hydrogen-bond acceptors (Lipinski definition) is 5. The van der Waals surface area contributed by atoms with Gasteiger partial charge < -0.3 is 9.26 Å². The number of halogens is 2. The third-order valence-electron chi connectivity index (χ3n) is 4.16. The van der Waals surface area contributed by atoms with Crippen molar-refractivity contribution in [2.45, 2.75) is 20.6 Å². The number of benzene rings is 2. The Labute approximate surface area is 165 Å². The zero-order valence-electron chi connectivity index (χ0n) is 15.2. The Hall–Kier alpha value is -3.19. The third-order valence-corrected chi connectivity index (χ3v) is 4.76. The van der Waals surface area contributed by atoms with Crippen molar-refractivity contribution in [2.24, 2.45) is 0 Å². The summed E-state index contributed by atoms with van der Waals surface area (Å²) in [6, 6.07) is 11.4. The first-order valence-corrected chi connectivity index (χ1v) is 8.90. The van der Waals surface area contributed by atoms with Crippen LogP contribution in [0.2, 0.25) is 5.02 Å². The largest absolute Gasteiger partial charge is 0.471 e. The molecule has 6 nitrogen and oxygen atoms in total. The van der Waals surface area contributed by atoms with Crippen LogP contribution in [0.5, 0.6) is 5.75 Å². The highest BCUT2D eigenvalue weighted by Gasteiger charge is 2.13. The Bertz CT molecular complexity index is 1100. The molecule has 4 rings (SSSR count). The molecule has 2 heterocycles. The van der Waals surface area contributed by atoms with Gasteiger partial charge in [-0.1, -0.05) is 16.8 Å². The van der Waals surface area contributed by atoms with E-state index in [1.165, 1.54) is 12.1 Å². The van der Waals surface area contributed by atoms with E-state index in [0.29, 0.717) is 22.8 Å². The molecular weight excluding hydrogens is 383 g/mol. The highest BCUT2D eigenvalue weighted by Crippen LogP contribution is 2.26. The molecule has 0 N–H and O–H groups in total. The van der Waals surface area contributed by atoms with Crippen LogP contribution in [0.4, 0.5) is 4.39 Å². The second-order valence-corrected chi connectivity index (χ2v) is 6.69. The van der Waals surface area contributed by atoms with Gasteiger partial charge in [0.15, 0.2) is 12.4 Å². The monoisotopic (exact) mass is 398 g/mol. The standard InChI is InChI=1S/C20H16ClFN4O2/c1-12-9-16(10-13(2)18(12)21)27-11-26-8-7-17(24-26)20-23-19(25-28-20)14-3-5-15(22)6-4-14/h3-10H,11H2,1-2H3. The zero-order valence-corrected chi connectivity index (χ0v) is 15.9. The average molecular weight is 399 g/mol. The van der Waals surface area contributed by atoms with Gasteiger partial charge in [-0.2, -0.15) is 10.1 Å². The van der Waals surface area contributed by atoms with Gasteiger partial charge in [0, 0.05) is 16.8 Å². The predicted octanol–water partition coefficient (Wildman–Crippen LogP) is 5.05. The van der Waals surface area contributed by atoms with Gasteiger partial charge in [0.25, 0.3) is 5.89 Å². The van der Waals surface area contributed by atoms with E-state index in [9.17, 15) is 4.39 Å². The second kappa shape index (κ2) is 7.44. The Balaban J connectivity index is 1.47. The maximum atomic E-state index is 13.0. The Morgan fingerprint density at radius 2 is 1.82 bits per heavy atom. The number of rotatable bonds is 5. The first kappa shape index (κ1) is 18.2. The van der Waals surface area contributed by atoms with Crippen molar-refractivity contribution in [2.75, 3.05) is 0 Å². The SMILES string of the molecule is Cc1cc(OCn2ccc(-c3nc(-c4ccc(F)cc4)no3)n2)cc(C)c1Cl. The number of aryl methyl sites for hydroxylation is 2. The lowest BCUT2D eigenvalue weighted by Crippen LogP contribution is -2.06. The molecule has 0 radical (unpaired) electrons. The van der Waals surface area contributed by atoms with Gasteiger partial charge in [0.1, 0.15) is 11.6 Å². The van der Waals surface area contributed by atoms with Gasteiger partial charge >= 0.3 is 0 Å². The molecule has 0 fully saturated rings. The first-order valence-electron chi connectivity index (χ1n) is 8.52. The Kier molecular flexibility index (Phi) is 4.83. The molecule has 2 aromatic heterocycles. The van der Waals surface area contributed by atoms with Crippen LogP contribution in [0.3, 0.4) is 0 Å². The molecule has 0 saturated carbocycles. The summed E-state index contributed by atoms with van der Waals surface area (Å²) in [7, 11) is 0. The summed E-state index contributed by atoms with van der Waals surface area (Å²) in [6.45, 7) is 4.09. The molecular formula is C20H16ClFN4O2. The van der Waals surface area contributed by atoms with Gasteiger partial charge in [-0.25, -0.2) is 9.07 Å². The molecule has 0 saturated heterocycles. The van der Waals surface area contributed by atoms with Gasteiger partial charge in [-0.3, -0.25) is 0 Å². The molecule has 0 spiro atoms. The van der Waals surface area contributed by atoms with Crippen LogP contribution in [0.25, 0.3) is 23.0 Å². The number of aromatic nitrogens is 4.